The summed E-state index contributed by atoms with van der Waals surface area (Å²) in [6.07, 6.45) is -10.1. The third-order valence-electron chi connectivity index (χ3n) is 10.2. The highest BCUT2D eigenvalue weighted by molar-refractivity contribution is 6.11. The van der Waals surface area contributed by atoms with E-state index in [1.165, 1.54) is 6.07 Å². The summed E-state index contributed by atoms with van der Waals surface area (Å²) >= 11 is 0. The van der Waals surface area contributed by atoms with Crippen molar-refractivity contribution in [3.05, 3.63) is 180 Å². The Hall–Kier alpha value is -7.07. The van der Waals surface area contributed by atoms with Crippen molar-refractivity contribution in [3.8, 4) is 62.1 Å². The molecule has 0 spiro atoms. The van der Waals surface area contributed by atoms with E-state index in [-0.39, 0.29) is 23.0 Å². The van der Waals surface area contributed by atoms with Crippen molar-refractivity contribution in [2.45, 2.75) is 19.3 Å². The maximum absolute atomic E-state index is 14.1. The van der Waals surface area contributed by atoms with Gasteiger partial charge in [0.05, 0.1) is 27.8 Å². The topological polar surface area (TPSA) is 43.6 Å². The Balaban J connectivity index is 1.36. The molecule has 2 heterocycles. The second-order valence-electron chi connectivity index (χ2n) is 14.0. The molecular formula is C48H30F6N4. The van der Waals surface area contributed by atoms with Crippen molar-refractivity contribution in [1.82, 2.24) is 19.5 Å². The first kappa shape index (κ1) is 36.6. The highest BCUT2D eigenvalue weighted by atomic mass is 19.4. The molecule has 0 fully saturated rings. The van der Waals surface area contributed by atoms with Crippen LogP contribution in [-0.4, -0.2) is 19.5 Å². The van der Waals surface area contributed by atoms with Crippen LogP contribution in [-0.2, 0) is 12.4 Å². The predicted molar refractivity (Wildman–Crippen MR) is 216 cm³/mol. The zero-order chi connectivity index (χ0) is 40.2. The minimum atomic E-state index is -5.03. The molecule has 9 aromatic rings. The summed E-state index contributed by atoms with van der Waals surface area (Å²) in [7, 11) is 0. The number of fused-ring (bicyclic) bond motifs is 3. The average molecular weight is 777 g/mol. The number of rotatable bonds is 6. The highest BCUT2D eigenvalue weighted by Gasteiger charge is 2.37. The highest BCUT2D eigenvalue weighted by Crippen LogP contribution is 2.42. The molecule has 0 saturated heterocycles. The molecular weight excluding hydrogens is 747 g/mol. The first-order chi connectivity index (χ1) is 27.9. The van der Waals surface area contributed by atoms with Gasteiger partial charge >= 0.3 is 12.4 Å². The Morgan fingerprint density at radius 2 is 0.931 bits per heavy atom. The Morgan fingerprint density at radius 1 is 0.397 bits per heavy atom. The quantitative estimate of drug-likeness (QED) is 0.158. The summed E-state index contributed by atoms with van der Waals surface area (Å²) < 4.78 is 86.7. The molecule has 0 aliphatic rings. The lowest BCUT2D eigenvalue weighted by Crippen LogP contribution is -2.11. The fourth-order valence-corrected chi connectivity index (χ4v) is 7.44. The fourth-order valence-electron chi connectivity index (χ4n) is 7.44. The molecule has 0 atom stereocenters. The lowest BCUT2D eigenvalue weighted by molar-refractivity contribution is -0.143. The fraction of sp³-hybridized carbons (Fsp3) is 0.0625. The molecule has 0 saturated carbocycles. The van der Waals surface area contributed by atoms with Gasteiger partial charge in [-0.05, 0) is 83.3 Å². The van der Waals surface area contributed by atoms with Gasteiger partial charge in [-0.2, -0.15) is 26.3 Å². The van der Waals surface area contributed by atoms with Gasteiger partial charge in [0.2, 0.25) is 0 Å². The van der Waals surface area contributed by atoms with E-state index in [0.29, 0.717) is 34.0 Å². The first-order valence-electron chi connectivity index (χ1n) is 18.3. The van der Waals surface area contributed by atoms with Crippen molar-refractivity contribution in [1.29, 1.82) is 0 Å². The molecule has 58 heavy (non-hydrogen) atoms. The van der Waals surface area contributed by atoms with Crippen LogP contribution >= 0.6 is 0 Å². The lowest BCUT2D eigenvalue weighted by Gasteiger charge is -2.18. The molecule has 9 rings (SSSR count). The summed E-state index contributed by atoms with van der Waals surface area (Å²) in [5.74, 6) is 0.851. The Bertz CT molecular complexity index is 2900. The van der Waals surface area contributed by atoms with Crippen molar-refractivity contribution in [2.24, 2.45) is 0 Å². The average Bonchev–Trinajstić information content (AvgIpc) is 3.57. The van der Waals surface area contributed by atoms with Gasteiger partial charge in [-0.1, -0.05) is 115 Å². The van der Waals surface area contributed by atoms with Gasteiger partial charge in [0, 0.05) is 27.5 Å². The molecule has 0 amide bonds. The number of para-hydroxylation sites is 1. The predicted octanol–water partition coefficient (Wildman–Crippen LogP) is 13.6. The molecule has 0 radical (unpaired) electrons. The van der Waals surface area contributed by atoms with Crippen LogP contribution in [0.1, 0.15) is 16.7 Å². The van der Waals surface area contributed by atoms with Crippen LogP contribution in [0.15, 0.2) is 164 Å². The minimum absolute atomic E-state index is 0.112. The summed E-state index contributed by atoms with van der Waals surface area (Å²) in [4.78, 5) is 14.7. The zero-order valence-electron chi connectivity index (χ0n) is 30.6. The molecule has 0 aliphatic carbocycles. The molecule has 0 aliphatic heterocycles. The van der Waals surface area contributed by atoms with E-state index in [9.17, 15) is 26.3 Å². The number of benzene rings is 7. The summed E-state index contributed by atoms with van der Waals surface area (Å²) in [6, 6.07) is 47.1. The second kappa shape index (κ2) is 14.1. The molecule has 7 aromatic carbocycles. The third-order valence-corrected chi connectivity index (χ3v) is 10.2. The van der Waals surface area contributed by atoms with Gasteiger partial charge < -0.3 is 4.57 Å². The standard InChI is InChI=1S/C48H30F6N4/c1-29-12-8-9-17-37(29)33-21-23-42-39(27-33)38-18-10-11-19-41(38)58(42)43-22-20-32(34-24-35(47(49,50)51)28-36(25-34)48(52,53)54)26-40(43)46-56-44(30-13-4-2-5-14-30)55-45(57-46)31-15-6-3-7-16-31/h2-28H,1H3. The van der Waals surface area contributed by atoms with E-state index in [1.54, 1.807) is 12.1 Å². The minimum Gasteiger partial charge on any atom is -0.309 e. The van der Waals surface area contributed by atoms with Crippen LogP contribution in [0.3, 0.4) is 0 Å². The number of aromatic nitrogens is 4. The lowest BCUT2D eigenvalue weighted by atomic mass is 9.96. The van der Waals surface area contributed by atoms with Gasteiger partial charge in [0.25, 0.3) is 0 Å². The maximum Gasteiger partial charge on any atom is 0.416 e. The van der Waals surface area contributed by atoms with Crippen LogP contribution in [0.5, 0.6) is 0 Å². The Labute approximate surface area is 328 Å². The first-order valence-corrected chi connectivity index (χ1v) is 18.3. The van der Waals surface area contributed by atoms with Crippen LogP contribution in [0.4, 0.5) is 26.3 Å². The Kier molecular flexibility index (Phi) is 8.92. The molecule has 0 N–H and O–H groups in total. The summed E-state index contributed by atoms with van der Waals surface area (Å²) in [5, 5.41) is 1.89. The number of halogens is 6. The van der Waals surface area contributed by atoms with Crippen molar-refractivity contribution < 1.29 is 26.3 Å². The van der Waals surface area contributed by atoms with Crippen LogP contribution in [0, 0.1) is 6.92 Å². The normalized spacial score (nSPS) is 12.1. The van der Waals surface area contributed by atoms with Gasteiger partial charge in [-0.3, -0.25) is 0 Å². The van der Waals surface area contributed by atoms with Gasteiger partial charge in [-0.15, -0.1) is 0 Å². The molecule has 0 unspecified atom stereocenters. The number of hydrogen-bond acceptors (Lipinski definition) is 3. The van der Waals surface area contributed by atoms with E-state index < -0.39 is 23.5 Å². The zero-order valence-corrected chi connectivity index (χ0v) is 30.6. The van der Waals surface area contributed by atoms with Gasteiger partial charge in [0.1, 0.15) is 0 Å². The number of nitrogens with zero attached hydrogens (tertiary/aromatic N) is 4. The second-order valence-corrected chi connectivity index (χ2v) is 14.0. The van der Waals surface area contributed by atoms with E-state index in [4.69, 9.17) is 15.0 Å². The third kappa shape index (κ3) is 6.76. The Morgan fingerprint density at radius 3 is 1.55 bits per heavy atom. The monoisotopic (exact) mass is 776 g/mol. The number of alkyl halides is 6. The summed E-state index contributed by atoms with van der Waals surface area (Å²) in [6.45, 7) is 2.06. The molecule has 4 nitrogen and oxygen atoms in total. The van der Waals surface area contributed by atoms with Gasteiger partial charge in [-0.25, -0.2) is 15.0 Å². The molecule has 2 aromatic heterocycles. The van der Waals surface area contributed by atoms with E-state index in [2.05, 4.69) is 25.1 Å². The van der Waals surface area contributed by atoms with E-state index in [0.717, 1.165) is 50.6 Å². The molecule has 284 valence electrons. The van der Waals surface area contributed by atoms with Crippen molar-refractivity contribution >= 4 is 21.8 Å². The van der Waals surface area contributed by atoms with Crippen LogP contribution in [0.2, 0.25) is 0 Å². The van der Waals surface area contributed by atoms with E-state index in [1.807, 2.05) is 114 Å². The largest absolute Gasteiger partial charge is 0.416 e. The number of aryl methyl sites for hydroxylation is 1. The van der Waals surface area contributed by atoms with Crippen LogP contribution in [0.25, 0.3) is 83.9 Å². The van der Waals surface area contributed by atoms with E-state index >= 15 is 0 Å². The smallest absolute Gasteiger partial charge is 0.309 e. The number of hydrogen-bond donors (Lipinski definition) is 0. The van der Waals surface area contributed by atoms with Crippen molar-refractivity contribution in [3.63, 3.8) is 0 Å². The van der Waals surface area contributed by atoms with Gasteiger partial charge in [0.15, 0.2) is 17.5 Å². The maximum atomic E-state index is 14.1. The summed E-state index contributed by atoms with van der Waals surface area (Å²) in [5.41, 5.74) is 4.20. The van der Waals surface area contributed by atoms with Crippen LogP contribution < -0.4 is 0 Å². The van der Waals surface area contributed by atoms with Crippen molar-refractivity contribution in [2.75, 3.05) is 0 Å². The molecule has 10 heteroatoms. The SMILES string of the molecule is Cc1ccccc1-c1ccc2c(c1)c1ccccc1n2-c1ccc(-c2cc(C(F)(F)F)cc(C(F)(F)F)c2)cc1-c1nc(-c2ccccc2)nc(-c2ccccc2)n1. The molecule has 0 bridgehead atoms.